The average molecular weight is 276 g/mol. The van der Waals surface area contributed by atoms with Gasteiger partial charge in [-0.1, -0.05) is 27.2 Å². The van der Waals surface area contributed by atoms with Gasteiger partial charge in [0.1, 0.15) is 5.75 Å². The van der Waals surface area contributed by atoms with Gasteiger partial charge >= 0.3 is 5.97 Å². The molecular weight excluding hydrogens is 252 g/mol. The van der Waals surface area contributed by atoms with Crippen molar-refractivity contribution < 1.29 is 14.3 Å². The zero-order valence-electron chi connectivity index (χ0n) is 13.1. The first-order valence-electron chi connectivity index (χ1n) is 7.12. The molecule has 1 aromatic rings. The second-order valence-electron chi connectivity index (χ2n) is 6.51. The van der Waals surface area contributed by atoms with Crippen LogP contribution in [0.25, 0.3) is 0 Å². The van der Waals surface area contributed by atoms with Crippen molar-refractivity contribution in [2.45, 2.75) is 45.4 Å². The van der Waals surface area contributed by atoms with Gasteiger partial charge in [-0.05, 0) is 47.4 Å². The van der Waals surface area contributed by atoms with E-state index in [1.54, 1.807) is 13.2 Å². The number of hydrogen-bond donors (Lipinski definition) is 0. The number of benzene rings is 1. The Morgan fingerprint density at radius 2 is 1.80 bits per heavy atom. The first-order valence-corrected chi connectivity index (χ1v) is 7.12. The van der Waals surface area contributed by atoms with E-state index in [0.717, 1.165) is 6.42 Å². The van der Waals surface area contributed by atoms with E-state index in [2.05, 4.69) is 26.8 Å². The van der Waals surface area contributed by atoms with Gasteiger partial charge in [-0.15, -0.1) is 0 Å². The predicted molar refractivity (Wildman–Crippen MR) is 79.3 cm³/mol. The van der Waals surface area contributed by atoms with Crippen molar-refractivity contribution in [1.29, 1.82) is 0 Å². The third kappa shape index (κ3) is 2.30. The van der Waals surface area contributed by atoms with Crippen molar-refractivity contribution in [1.82, 2.24) is 0 Å². The molecule has 0 unspecified atom stereocenters. The second kappa shape index (κ2) is 5.12. The van der Waals surface area contributed by atoms with E-state index in [0.29, 0.717) is 11.3 Å². The molecule has 1 saturated carbocycles. The maximum atomic E-state index is 11.8. The number of carbonyl (C=O) groups excluding carboxylic acids is 1. The van der Waals surface area contributed by atoms with Crippen LogP contribution in [0.2, 0.25) is 0 Å². The van der Waals surface area contributed by atoms with E-state index in [1.165, 1.54) is 25.5 Å². The number of esters is 1. The van der Waals surface area contributed by atoms with Crippen LogP contribution in [0.4, 0.5) is 0 Å². The molecule has 0 saturated heterocycles. The molecule has 1 aliphatic carbocycles. The fraction of sp³-hybridized carbons (Fsp3) is 0.588. The molecule has 0 aromatic heterocycles. The molecule has 1 atom stereocenters. The van der Waals surface area contributed by atoms with Crippen molar-refractivity contribution >= 4 is 5.97 Å². The van der Waals surface area contributed by atoms with Crippen LogP contribution < -0.4 is 4.74 Å². The molecule has 0 amide bonds. The van der Waals surface area contributed by atoms with Gasteiger partial charge in [0.05, 0.1) is 19.8 Å². The molecular formula is C17H24O3. The fourth-order valence-corrected chi connectivity index (χ4v) is 3.30. The van der Waals surface area contributed by atoms with Crippen molar-refractivity contribution in [2.24, 2.45) is 5.41 Å². The van der Waals surface area contributed by atoms with Gasteiger partial charge in [-0.25, -0.2) is 4.79 Å². The van der Waals surface area contributed by atoms with Crippen LogP contribution >= 0.6 is 0 Å². The molecule has 1 aromatic carbocycles. The first-order chi connectivity index (χ1) is 9.34. The lowest BCUT2D eigenvalue weighted by Gasteiger charge is -2.39. The Bertz CT molecular complexity index is 519. The number of rotatable bonds is 3. The van der Waals surface area contributed by atoms with Crippen molar-refractivity contribution in [2.75, 3.05) is 14.2 Å². The van der Waals surface area contributed by atoms with E-state index in [-0.39, 0.29) is 16.8 Å². The van der Waals surface area contributed by atoms with Gasteiger partial charge < -0.3 is 9.47 Å². The number of hydrogen-bond acceptors (Lipinski definition) is 3. The number of carbonyl (C=O) groups is 1. The summed E-state index contributed by atoms with van der Waals surface area (Å²) in [5, 5.41) is 0. The van der Waals surface area contributed by atoms with E-state index < -0.39 is 0 Å². The summed E-state index contributed by atoms with van der Waals surface area (Å²) < 4.78 is 10.2. The van der Waals surface area contributed by atoms with Crippen LogP contribution in [0, 0.1) is 5.41 Å². The van der Waals surface area contributed by atoms with Crippen LogP contribution in [0.1, 0.15) is 56.0 Å². The number of ether oxygens (including phenoxy) is 2. The summed E-state index contributed by atoms with van der Waals surface area (Å²) in [5.41, 5.74) is 2.00. The summed E-state index contributed by atoms with van der Waals surface area (Å²) in [6.45, 7) is 6.89. The highest BCUT2D eigenvalue weighted by Gasteiger charge is 2.46. The molecule has 0 aliphatic heterocycles. The minimum Gasteiger partial charge on any atom is -0.497 e. The molecule has 0 N–H and O–H groups in total. The molecule has 1 fully saturated rings. The van der Waals surface area contributed by atoms with Gasteiger partial charge in [0, 0.05) is 0 Å². The SMILES string of the molecule is COC(=O)c1cc(OC)cc([C@@]2(C)CCCC2(C)C)c1. The standard InChI is InChI=1S/C17H24O3/c1-16(2)7-6-8-17(16,3)13-9-12(15(18)20-5)10-14(11-13)19-4/h9-11H,6-8H2,1-5H3/t17-/m1/s1. The maximum Gasteiger partial charge on any atom is 0.337 e. The topological polar surface area (TPSA) is 35.5 Å². The van der Waals surface area contributed by atoms with Gasteiger partial charge in [-0.2, -0.15) is 0 Å². The predicted octanol–water partition coefficient (Wildman–Crippen LogP) is 3.95. The molecule has 110 valence electrons. The van der Waals surface area contributed by atoms with E-state index in [4.69, 9.17) is 9.47 Å². The Hall–Kier alpha value is -1.51. The Labute approximate surface area is 121 Å². The molecule has 2 rings (SSSR count). The Kier molecular flexibility index (Phi) is 3.81. The Morgan fingerprint density at radius 1 is 1.10 bits per heavy atom. The van der Waals surface area contributed by atoms with Crippen LogP contribution in [0.15, 0.2) is 18.2 Å². The van der Waals surface area contributed by atoms with E-state index >= 15 is 0 Å². The van der Waals surface area contributed by atoms with E-state index in [1.807, 2.05) is 6.07 Å². The first kappa shape index (κ1) is 14.9. The van der Waals surface area contributed by atoms with Crippen LogP contribution in [0.5, 0.6) is 5.75 Å². The van der Waals surface area contributed by atoms with Crippen LogP contribution in [0.3, 0.4) is 0 Å². The molecule has 3 heteroatoms. The molecule has 0 spiro atoms. The summed E-state index contributed by atoms with van der Waals surface area (Å²) >= 11 is 0. The Balaban J connectivity index is 2.54. The highest BCUT2D eigenvalue weighted by Crippen LogP contribution is 2.54. The van der Waals surface area contributed by atoms with Crippen molar-refractivity contribution in [3.63, 3.8) is 0 Å². The van der Waals surface area contributed by atoms with Gasteiger partial charge in [0.25, 0.3) is 0 Å². The molecule has 3 nitrogen and oxygen atoms in total. The minimum atomic E-state index is -0.315. The third-order valence-corrected chi connectivity index (χ3v) is 5.17. The maximum absolute atomic E-state index is 11.8. The molecule has 20 heavy (non-hydrogen) atoms. The third-order valence-electron chi connectivity index (χ3n) is 5.17. The lowest BCUT2D eigenvalue weighted by Crippen LogP contribution is -2.34. The summed E-state index contributed by atoms with van der Waals surface area (Å²) in [5.74, 6) is 0.399. The Morgan fingerprint density at radius 3 is 2.30 bits per heavy atom. The molecule has 1 aliphatic rings. The number of methoxy groups -OCH3 is 2. The fourth-order valence-electron chi connectivity index (χ4n) is 3.30. The highest BCUT2D eigenvalue weighted by molar-refractivity contribution is 5.90. The van der Waals surface area contributed by atoms with Crippen LogP contribution in [-0.2, 0) is 10.2 Å². The second-order valence-corrected chi connectivity index (χ2v) is 6.51. The van der Waals surface area contributed by atoms with E-state index in [9.17, 15) is 4.79 Å². The summed E-state index contributed by atoms with van der Waals surface area (Å²) in [4.78, 5) is 11.8. The van der Waals surface area contributed by atoms with Crippen molar-refractivity contribution in [3.05, 3.63) is 29.3 Å². The summed E-state index contributed by atoms with van der Waals surface area (Å²) in [6, 6.07) is 5.75. The monoisotopic (exact) mass is 276 g/mol. The summed E-state index contributed by atoms with van der Waals surface area (Å²) in [7, 11) is 3.03. The van der Waals surface area contributed by atoms with Gasteiger partial charge in [0.15, 0.2) is 0 Å². The lowest BCUT2D eigenvalue weighted by atomic mass is 9.65. The smallest absolute Gasteiger partial charge is 0.337 e. The largest absolute Gasteiger partial charge is 0.497 e. The summed E-state index contributed by atoms with van der Waals surface area (Å²) in [6.07, 6.45) is 3.55. The molecule has 0 radical (unpaired) electrons. The van der Waals surface area contributed by atoms with Gasteiger partial charge in [-0.3, -0.25) is 0 Å². The normalized spacial score (nSPS) is 24.4. The van der Waals surface area contributed by atoms with Gasteiger partial charge in [0.2, 0.25) is 0 Å². The zero-order valence-corrected chi connectivity index (χ0v) is 13.1. The average Bonchev–Trinajstić information content (AvgIpc) is 2.72. The quantitative estimate of drug-likeness (QED) is 0.784. The zero-order chi connectivity index (χ0) is 15.0. The minimum absolute atomic E-state index is 0.0598. The molecule has 0 bridgehead atoms. The van der Waals surface area contributed by atoms with Crippen molar-refractivity contribution in [3.8, 4) is 5.75 Å². The van der Waals surface area contributed by atoms with Crippen LogP contribution in [-0.4, -0.2) is 20.2 Å². The lowest BCUT2D eigenvalue weighted by molar-refractivity contribution is 0.0600. The molecule has 0 heterocycles. The highest BCUT2D eigenvalue weighted by atomic mass is 16.5.